The summed E-state index contributed by atoms with van der Waals surface area (Å²) in [5, 5.41) is 3.95. The van der Waals surface area contributed by atoms with Crippen LogP contribution in [0.5, 0.6) is 5.75 Å². The molecule has 1 N–H and O–H groups in total. The molecule has 20 heavy (non-hydrogen) atoms. The zero-order valence-electron chi connectivity index (χ0n) is 13.0. The van der Waals surface area contributed by atoms with E-state index in [1.807, 2.05) is 0 Å². The van der Waals surface area contributed by atoms with Gasteiger partial charge in [0.1, 0.15) is 5.75 Å². The molecule has 0 aromatic heterocycles. The van der Waals surface area contributed by atoms with Crippen molar-refractivity contribution < 1.29 is 4.74 Å². The third-order valence-electron chi connectivity index (χ3n) is 5.34. The summed E-state index contributed by atoms with van der Waals surface area (Å²) in [5.74, 6) is 0.991. The minimum atomic E-state index is 0.467. The zero-order chi connectivity index (χ0) is 14.2. The van der Waals surface area contributed by atoms with Crippen LogP contribution in [0.2, 0.25) is 0 Å². The van der Waals surface area contributed by atoms with Crippen LogP contribution in [0.4, 0.5) is 0 Å². The second kappa shape index (κ2) is 5.40. The standard InChI is InChI=1S/C18H27NO/c1-18(2)10-4-5-17(18)19-15-8-6-13-7-9-16(20-3)12-14(13)11-15/h7,9,12,15,17,19H,4-6,8,10-11H2,1-3H3. The average molecular weight is 273 g/mol. The van der Waals surface area contributed by atoms with Gasteiger partial charge in [0.15, 0.2) is 0 Å². The minimum absolute atomic E-state index is 0.467. The molecule has 2 atom stereocenters. The topological polar surface area (TPSA) is 21.3 Å². The van der Waals surface area contributed by atoms with Crippen molar-refractivity contribution in [3.05, 3.63) is 29.3 Å². The molecule has 0 radical (unpaired) electrons. The van der Waals surface area contributed by atoms with Crippen LogP contribution >= 0.6 is 0 Å². The molecule has 0 spiro atoms. The molecule has 3 rings (SSSR count). The van der Waals surface area contributed by atoms with Crippen LogP contribution in [0.25, 0.3) is 0 Å². The van der Waals surface area contributed by atoms with E-state index in [0.717, 1.165) is 12.2 Å². The van der Waals surface area contributed by atoms with Crippen LogP contribution < -0.4 is 10.1 Å². The van der Waals surface area contributed by atoms with E-state index < -0.39 is 0 Å². The van der Waals surface area contributed by atoms with Gasteiger partial charge in [-0.2, -0.15) is 0 Å². The van der Waals surface area contributed by atoms with E-state index >= 15 is 0 Å². The highest BCUT2D eigenvalue weighted by Crippen LogP contribution is 2.38. The zero-order valence-corrected chi connectivity index (χ0v) is 13.0. The lowest BCUT2D eigenvalue weighted by Gasteiger charge is -2.34. The smallest absolute Gasteiger partial charge is 0.119 e. The summed E-state index contributed by atoms with van der Waals surface area (Å²) in [7, 11) is 1.75. The lowest BCUT2D eigenvalue weighted by molar-refractivity contribution is 0.252. The van der Waals surface area contributed by atoms with Gasteiger partial charge in [-0.3, -0.25) is 0 Å². The first kappa shape index (κ1) is 13.9. The summed E-state index contributed by atoms with van der Waals surface area (Å²) >= 11 is 0. The Balaban J connectivity index is 1.69. The normalized spacial score (nSPS) is 28.1. The Labute approximate surface area is 122 Å². The van der Waals surface area contributed by atoms with Crippen molar-refractivity contribution in [2.75, 3.05) is 7.11 Å². The van der Waals surface area contributed by atoms with Crippen LogP contribution in [0.15, 0.2) is 18.2 Å². The first-order chi connectivity index (χ1) is 9.58. The van der Waals surface area contributed by atoms with E-state index in [-0.39, 0.29) is 0 Å². The average Bonchev–Trinajstić information content (AvgIpc) is 2.77. The Hall–Kier alpha value is -1.02. The van der Waals surface area contributed by atoms with Gasteiger partial charge < -0.3 is 10.1 Å². The molecule has 0 bridgehead atoms. The van der Waals surface area contributed by atoms with E-state index in [9.17, 15) is 0 Å². The first-order valence-electron chi connectivity index (χ1n) is 8.00. The molecular weight excluding hydrogens is 246 g/mol. The Morgan fingerprint density at radius 1 is 1.20 bits per heavy atom. The molecule has 2 nitrogen and oxygen atoms in total. The van der Waals surface area contributed by atoms with E-state index in [2.05, 4.69) is 37.4 Å². The van der Waals surface area contributed by atoms with Crippen LogP contribution in [-0.4, -0.2) is 19.2 Å². The first-order valence-corrected chi connectivity index (χ1v) is 8.00. The number of benzene rings is 1. The number of fused-ring (bicyclic) bond motifs is 1. The molecule has 2 aliphatic rings. The van der Waals surface area contributed by atoms with Crippen molar-refractivity contribution in [2.24, 2.45) is 5.41 Å². The van der Waals surface area contributed by atoms with Gasteiger partial charge in [0.25, 0.3) is 0 Å². The second-order valence-electron chi connectivity index (χ2n) is 7.17. The molecule has 2 heteroatoms. The maximum absolute atomic E-state index is 5.36. The highest BCUT2D eigenvalue weighted by Gasteiger charge is 2.35. The van der Waals surface area contributed by atoms with E-state index in [4.69, 9.17) is 4.74 Å². The van der Waals surface area contributed by atoms with Crippen molar-refractivity contribution in [1.82, 2.24) is 5.32 Å². The van der Waals surface area contributed by atoms with Gasteiger partial charge in [-0.05, 0) is 60.8 Å². The van der Waals surface area contributed by atoms with Crippen molar-refractivity contribution in [1.29, 1.82) is 0 Å². The number of nitrogens with one attached hydrogen (secondary N) is 1. The maximum Gasteiger partial charge on any atom is 0.119 e. The number of aryl methyl sites for hydroxylation is 1. The molecular formula is C18H27NO. The molecule has 0 heterocycles. The summed E-state index contributed by atoms with van der Waals surface area (Å²) in [6, 6.07) is 7.89. The van der Waals surface area contributed by atoms with Gasteiger partial charge in [-0.25, -0.2) is 0 Å². The number of rotatable bonds is 3. The van der Waals surface area contributed by atoms with Crippen molar-refractivity contribution >= 4 is 0 Å². The van der Waals surface area contributed by atoms with Gasteiger partial charge >= 0.3 is 0 Å². The molecule has 0 amide bonds. The largest absolute Gasteiger partial charge is 0.497 e. The Morgan fingerprint density at radius 2 is 2.05 bits per heavy atom. The monoisotopic (exact) mass is 273 g/mol. The van der Waals surface area contributed by atoms with Crippen molar-refractivity contribution in [3.63, 3.8) is 0 Å². The molecule has 2 aliphatic carbocycles. The van der Waals surface area contributed by atoms with Gasteiger partial charge in [0.2, 0.25) is 0 Å². The molecule has 1 aromatic rings. The molecule has 110 valence electrons. The highest BCUT2D eigenvalue weighted by molar-refractivity contribution is 5.37. The van der Waals surface area contributed by atoms with Crippen LogP contribution in [-0.2, 0) is 12.8 Å². The molecule has 1 aromatic carbocycles. The van der Waals surface area contributed by atoms with Crippen LogP contribution in [0, 0.1) is 5.41 Å². The number of methoxy groups -OCH3 is 1. The predicted molar refractivity (Wildman–Crippen MR) is 83.4 cm³/mol. The fraction of sp³-hybridized carbons (Fsp3) is 0.667. The lowest BCUT2D eigenvalue weighted by atomic mass is 9.84. The van der Waals surface area contributed by atoms with E-state index in [0.29, 0.717) is 17.5 Å². The van der Waals surface area contributed by atoms with Crippen molar-refractivity contribution in [3.8, 4) is 5.75 Å². The molecule has 1 saturated carbocycles. The number of hydrogen-bond acceptors (Lipinski definition) is 2. The van der Waals surface area contributed by atoms with Gasteiger partial charge in [-0.15, -0.1) is 0 Å². The van der Waals surface area contributed by atoms with Crippen molar-refractivity contribution in [2.45, 2.75) is 64.5 Å². The van der Waals surface area contributed by atoms with Crippen LogP contribution in [0.1, 0.15) is 50.7 Å². The quantitative estimate of drug-likeness (QED) is 0.906. The van der Waals surface area contributed by atoms with Crippen LogP contribution in [0.3, 0.4) is 0 Å². The Bertz CT molecular complexity index is 480. The molecule has 1 fully saturated rings. The summed E-state index contributed by atoms with van der Waals surface area (Å²) < 4.78 is 5.36. The Kier molecular flexibility index (Phi) is 3.76. The molecule has 2 unspecified atom stereocenters. The minimum Gasteiger partial charge on any atom is -0.497 e. The summed E-state index contributed by atoms with van der Waals surface area (Å²) in [5.41, 5.74) is 3.45. The lowest BCUT2D eigenvalue weighted by Crippen LogP contribution is -2.46. The van der Waals surface area contributed by atoms with E-state index in [1.165, 1.54) is 43.2 Å². The number of ether oxygens (including phenoxy) is 1. The fourth-order valence-corrected chi connectivity index (χ4v) is 3.92. The third kappa shape index (κ3) is 2.71. The van der Waals surface area contributed by atoms with Gasteiger partial charge in [0.05, 0.1) is 7.11 Å². The predicted octanol–water partition coefficient (Wildman–Crippen LogP) is 3.72. The fourth-order valence-electron chi connectivity index (χ4n) is 3.92. The summed E-state index contributed by atoms with van der Waals surface area (Å²) in [6.07, 6.45) is 7.70. The second-order valence-corrected chi connectivity index (χ2v) is 7.17. The molecule has 0 aliphatic heterocycles. The van der Waals surface area contributed by atoms with Gasteiger partial charge in [0, 0.05) is 12.1 Å². The number of hydrogen-bond donors (Lipinski definition) is 1. The molecule has 0 saturated heterocycles. The van der Waals surface area contributed by atoms with E-state index in [1.54, 1.807) is 7.11 Å². The summed E-state index contributed by atoms with van der Waals surface area (Å²) in [4.78, 5) is 0. The SMILES string of the molecule is COc1ccc2c(c1)CC(NC1CCCC1(C)C)CC2. The summed E-state index contributed by atoms with van der Waals surface area (Å²) in [6.45, 7) is 4.83. The highest BCUT2D eigenvalue weighted by atomic mass is 16.5. The Morgan fingerprint density at radius 3 is 2.75 bits per heavy atom. The maximum atomic E-state index is 5.36. The third-order valence-corrected chi connectivity index (χ3v) is 5.34. The van der Waals surface area contributed by atoms with Gasteiger partial charge in [-0.1, -0.05) is 26.3 Å².